The van der Waals surface area contributed by atoms with Gasteiger partial charge in [-0.3, -0.25) is 0 Å². The van der Waals surface area contributed by atoms with Crippen molar-refractivity contribution < 1.29 is 0 Å². The van der Waals surface area contributed by atoms with Crippen LogP contribution in [0.5, 0.6) is 0 Å². The van der Waals surface area contributed by atoms with Crippen molar-refractivity contribution in [1.29, 1.82) is 0 Å². The van der Waals surface area contributed by atoms with Crippen LogP contribution in [0.1, 0.15) is 67.1 Å². The SMILES string of the molecule is [CH2]c1cnc(N2CCC[C@H](N)C2)nc1Nc1cc(C2CC2)cc(C2CC2)c1. The summed E-state index contributed by atoms with van der Waals surface area (Å²) in [6, 6.07) is 7.21. The van der Waals surface area contributed by atoms with Gasteiger partial charge in [-0.05, 0) is 80.5 Å². The summed E-state index contributed by atoms with van der Waals surface area (Å²) in [6.07, 6.45) is 9.27. The third-order valence-electron chi connectivity index (χ3n) is 5.93. The van der Waals surface area contributed by atoms with Gasteiger partial charge < -0.3 is 16.0 Å². The Morgan fingerprint density at radius 2 is 1.74 bits per heavy atom. The summed E-state index contributed by atoms with van der Waals surface area (Å²) in [5, 5.41) is 3.54. The Hall–Kier alpha value is -2.14. The number of benzene rings is 1. The highest BCUT2D eigenvalue weighted by Crippen LogP contribution is 2.46. The lowest BCUT2D eigenvalue weighted by Crippen LogP contribution is -2.43. The van der Waals surface area contributed by atoms with E-state index >= 15 is 0 Å². The average Bonchev–Trinajstić information content (AvgIpc) is 3.56. The number of aromatic nitrogens is 2. The molecule has 2 aliphatic carbocycles. The molecule has 1 saturated heterocycles. The van der Waals surface area contributed by atoms with Crippen LogP contribution in [0, 0.1) is 6.92 Å². The van der Waals surface area contributed by atoms with Crippen LogP contribution in [-0.4, -0.2) is 29.1 Å². The lowest BCUT2D eigenvalue weighted by molar-refractivity contribution is 0.500. The van der Waals surface area contributed by atoms with E-state index < -0.39 is 0 Å². The third-order valence-corrected chi connectivity index (χ3v) is 5.93. The van der Waals surface area contributed by atoms with Crippen LogP contribution in [0.2, 0.25) is 0 Å². The number of hydrogen-bond acceptors (Lipinski definition) is 5. The van der Waals surface area contributed by atoms with Crippen LogP contribution < -0.4 is 16.0 Å². The van der Waals surface area contributed by atoms with Crippen LogP contribution >= 0.6 is 0 Å². The van der Waals surface area contributed by atoms with Gasteiger partial charge in [0.2, 0.25) is 5.95 Å². The average molecular weight is 363 g/mol. The second-order valence-electron chi connectivity index (χ2n) is 8.45. The molecule has 2 aromatic rings. The summed E-state index contributed by atoms with van der Waals surface area (Å²) in [5.41, 5.74) is 11.0. The molecular formula is C22H28N5. The molecule has 1 radical (unpaired) electrons. The zero-order valence-electron chi connectivity index (χ0n) is 15.8. The first-order valence-corrected chi connectivity index (χ1v) is 10.3. The minimum absolute atomic E-state index is 0.203. The second-order valence-corrected chi connectivity index (χ2v) is 8.45. The summed E-state index contributed by atoms with van der Waals surface area (Å²) >= 11 is 0. The molecule has 3 N–H and O–H groups in total. The predicted octanol–water partition coefficient (Wildman–Crippen LogP) is 4.08. The number of rotatable bonds is 5. The first-order chi connectivity index (χ1) is 13.2. The van der Waals surface area contributed by atoms with E-state index in [2.05, 4.69) is 40.3 Å². The van der Waals surface area contributed by atoms with E-state index in [4.69, 9.17) is 10.7 Å². The summed E-state index contributed by atoms with van der Waals surface area (Å²) in [4.78, 5) is 11.5. The summed E-state index contributed by atoms with van der Waals surface area (Å²) < 4.78 is 0. The van der Waals surface area contributed by atoms with Crippen LogP contribution in [0.3, 0.4) is 0 Å². The summed E-state index contributed by atoms with van der Waals surface area (Å²) in [6.45, 7) is 5.91. The number of anilines is 3. The Morgan fingerprint density at radius 3 is 2.37 bits per heavy atom. The fraction of sp³-hybridized carbons (Fsp3) is 0.500. The molecular weight excluding hydrogens is 334 g/mol. The van der Waals surface area contributed by atoms with Gasteiger partial charge in [0.05, 0.1) is 0 Å². The first-order valence-electron chi connectivity index (χ1n) is 10.3. The lowest BCUT2D eigenvalue weighted by Gasteiger charge is -2.31. The van der Waals surface area contributed by atoms with Crippen molar-refractivity contribution in [2.24, 2.45) is 5.73 Å². The van der Waals surface area contributed by atoms with E-state index in [0.29, 0.717) is 0 Å². The summed E-state index contributed by atoms with van der Waals surface area (Å²) in [5.74, 6) is 3.05. The highest BCUT2D eigenvalue weighted by Gasteiger charge is 2.28. The number of nitrogens with one attached hydrogen (secondary N) is 1. The molecule has 1 aliphatic heterocycles. The van der Waals surface area contributed by atoms with Gasteiger partial charge in [-0.2, -0.15) is 4.98 Å². The standard InChI is InChI=1S/C22H28N5/c1-14-12-24-22(27-8-2-3-19(23)13-27)26-21(14)25-20-10-17(15-4-5-15)9-18(11-20)16-6-7-16/h9-12,15-16,19H,1-8,13,23H2,(H,24,25,26)/t19-/m0/s1. The predicted molar refractivity (Wildman–Crippen MR) is 110 cm³/mol. The molecule has 0 bridgehead atoms. The maximum atomic E-state index is 6.13. The fourth-order valence-corrected chi connectivity index (χ4v) is 4.04. The van der Waals surface area contributed by atoms with Crippen molar-refractivity contribution in [3.63, 3.8) is 0 Å². The Bertz CT molecular complexity index is 810. The van der Waals surface area contributed by atoms with Gasteiger partial charge in [-0.1, -0.05) is 6.07 Å². The topological polar surface area (TPSA) is 67.1 Å². The fourth-order valence-electron chi connectivity index (χ4n) is 4.04. The number of nitrogens with two attached hydrogens (primary N) is 1. The smallest absolute Gasteiger partial charge is 0.227 e. The molecule has 0 unspecified atom stereocenters. The van der Waals surface area contributed by atoms with E-state index in [1.807, 2.05) is 6.20 Å². The van der Waals surface area contributed by atoms with Crippen LogP contribution in [0.15, 0.2) is 24.4 Å². The minimum Gasteiger partial charge on any atom is -0.340 e. The quantitative estimate of drug-likeness (QED) is 0.839. The highest BCUT2D eigenvalue weighted by molar-refractivity contribution is 5.63. The molecule has 1 atom stereocenters. The monoisotopic (exact) mass is 362 g/mol. The Morgan fingerprint density at radius 1 is 1.04 bits per heavy atom. The molecule has 2 saturated carbocycles. The van der Waals surface area contributed by atoms with Gasteiger partial charge in [0.25, 0.3) is 0 Å². The molecule has 2 heterocycles. The summed E-state index contributed by atoms with van der Waals surface area (Å²) in [7, 11) is 0. The number of hydrogen-bond donors (Lipinski definition) is 2. The second kappa shape index (κ2) is 6.79. The molecule has 1 aromatic heterocycles. The molecule has 3 aliphatic rings. The van der Waals surface area contributed by atoms with Gasteiger partial charge >= 0.3 is 0 Å². The normalized spacial score (nSPS) is 22.7. The van der Waals surface area contributed by atoms with Gasteiger partial charge in [-0.25, -0.2) is 4.98 Å². The molecule has 5 rings (SSSR count). The zero-order chi connectivity index (χ0) is 18.4. The van der Waals surface area contributed by atoms with Gasteiger partial charge in [-0.15, -0.1) is 0 Å². The maximum absolute atomic E-state index is 6.13. The van der Waals surface area contributed by atoms with E-state index in [1.54, 1.807) is 0 Å². The van der Waals surface area contributed by atoms with Crippen LogP contribution in [0.25, 0.3) is 0 Å². The minimum atomic E-state index is 0.203. The molecule has 3 fully saturated rings. The van der Waals surface area contributed by atoms with Gasteiger partial charge in [0, 0.05) is 36.6 Å². The van der Waals surface area contributed by atoms with Crippen LogP contribution in [-0.2, 0) is 0 Å². The van der Waals surface area contributed by atoms with Crippen molar-refractivity contribution in [3.05, 3.63) is 48.0 Å². The molecule has 141 valence electrons. The first kappa shape index (κ1) is 17.0. The molecule has 0 amide bonds. The van der Waals surface area contributed by atoms with E-state index in [9.17, 15) is 0 Å². The van der Waals surface area contributed by atoms with Crippen molar-refractivity contribution in [2.45, 2.75) is 56.4 Å². The Labute approximate surface area is 161 Å². The van der Waals surface area contributed by atoms with Crippen molar-refractivity contribution in [3.8, 4) is 0 Å². The molecule has 27 heavy (non-hydrogen) atoms. The molecule has 1 aromatic carbocycles. The van der Waals surface area contributed by atoms with Crippen molar-refractivity contribution in [2.75, 3.05) is 23.3 Å². The van der Waals surface area contributed by atoms with Crippen LogP contribution in [0.4, 0.5) is 17.5 Å². The van der Waals surface area contributed by atoms with E-state index in [0.717, 1.165) is 60.8 Å². The van der Waals surface area contributed by atoms with E-state index in [1.165, 1.54) is 36.8 Å². The van der Waals surface area contributed by atoms with Gasteiger partial charge in [0.15, 0.2) is 0 Å². The van der Waals surface area contributed by atoms with Gasteiger partial charge in [0.1, 0.15) is 5.82 Å². The van der Waals surface area contributed by atoms with Crippen molar-refractivity contribution >= 4 is 17.5 Å². The lowest BCUT2D eigenvalue weighted by atomic mass is 10.0. The number of piperidine rings is 1. The molecule has 5 nitrogen and oxygen atoms in total. The largest absolute Gasteiger partial charge is 0.340 e. The number of nitrogens with zero attached hydrogens (tertiary/aromatic N) is 3. The Balaban J connectivity index is 1.42. The molecule has 0 spiro atoms. The zero-order valence-corrected chi connectivity index (χ0v) is 15.8. The van der Waals surface area contributed by atoms with Crippen molar-refractivity contribution in [1.82, 2.24) is 9.97 Å². The maximum Gasteiger partial charge on any atom is 0.227 e. The highest BCUT2D eigenvalue weighted by atomic mass is 15.3. The third kappa shape index (κ3) is 3.79. The van der Waals surface area contributed by atoms with E-state index in [-0.39, 0.29) is 6.04 Å². The molecule has 5 heteroatoms. The Kier molecular flexibility index (Phi) is 4.27.